The van der Waals surface area contributed by atoms with Gasteiger partial charge in [0.25, 0.3) is 0 Å². The highest BCUT2D eigenvalue weighted by Gasteiger charge is 2.46. The first-order valence-corrected chi connectivity index (χ1v) is 3.73. The molecule has 0 amide bonds. The van der Waals surface area contributed by atoms with Crippen molar-refractivity contribution in [2.45, 2.75) is 18.3 Å². The lowest BCUT2D eigenvalue weighted by Crippen LogP contribution is -2.14. The Bertz CT molecular complexity index is 228. The molecule has 0 saturated heterocycles. The molecular weight excluding hydrogens is 142 g/mol. The molecule has 0 bridgehead atoms. The first-order chi connectivity index (χ1) is 5.37. The van der Waals surface area contributed by atoms with Gasteiger partial charge in [-0.25, -0.2) is 0 Å². The molecule has 1 aliphatic rings. The zero-order valence-electron chi connectivity index (χ0n) is 6.50. The van der Waals surface area contributed by atoms with Crippen LogP contribution >= 0.6 is 0 Å². The van der Waals surface area contributed by atoms with Crippen LogP contribution in [0.3, 0.4) is 0 Å². The van der Waals surface area contributed by atoms with E-state index in [4.69, 9.17) is 4.74 Å². The van der Waals surface area contributed by atoms with Crippen LogP contribution in [0.25, 0.3) is 0 Å². The molecule has 0 spiro atoms. The van der Waals surface area contributed by atoms with Crippen molar-refractivity contribution in [2.24, 2.45) is 0 Å². The predicted molar refractivity (Wildman–Crippen MR) is 39.2 cm³/mol. The summed E-state index contributed by atoms with van der Waals surface area (Å²) in [5, 5.41) is 10.5. The molecule has 1 N–H and O–H groups in total. The summed E-state index contributed by atoms with van der Waals surface area (Å²) in [6.45, 7) is 0.763. The minimum Gasteiger partial charge on any atom is -0.384 e. The van der Waals surface area contributed by atoms with Crippen LogP contribution in [-0.2, 0) is 10.2 Å². The van der Waals surface area contributed by atoms with E-state index in [1.54, 1.807) is 13.3 Å². The summed E-state index contributed by atoms with van der Waals surface area (Å²) >= 11 is 0. The van der Waals surface area contributed by atoms with Crippen LogP contribution in [0.2, 0.25) is 0 Å². The molecule has 60 valence electrons. The molecule has 1 aromatic heterocycles. The number of methoxy groups -OCH3 is 1. The summed E-state index contributed by atoms with van der Waals surface area (Å²) in [5.41, 5.74) is 1.24. The van der Waals surface area contributed by atoms with E-state index in [0.717, 1.165) is 12.3 Å². The quantitative estimate of drug-likeness (QED) is 0.687. The van der Waals surface area contributed by atoms with E-state index in [9.17, 15) is 0 Å². The number of aromatic nitrogens is 3. The monoisotopic (exact) mass is 153 g/mol. The summed E-state index contributed by atoms with van der Waals surface area (Å²) in [6.07, 6.45) is 4.13. The van der Waals surface area contributed by atoms with E-state index >= 15 is 0 Å². The number of rotatable bonds is 3. The minimum atomic E-state index is 0.196. The van der Waals surface area contributed by atoms with Gasteiger partial charge in [0.2, 0.25) is 0 Å². The van der Waals surface area contributed by atoms with E-state index in [-0.39, 0.29) is 5.41 Å². The van der Waals surface area contributed by atoms with E-state index in [1.807, 2.05) is 0 Å². The van der Waals surface area contributed by atoms with Crippen LogP contribution < -0.4 is 0 Å². The van der Waals surface area contributed by atoms with Crippen molar-refractivity contribution in [2.75, 3.05) is 13.7 Å². The molecule has 1 aliphatic carbocycles. The minimum absolute atomic E-state index is 0.196. The lowest BCUT2D eigenvalue weighted by Gasteiger charge is -2.08. The Hall–Kier alpha value is -0.900. The summed E-state index contributed by atoms with van der Waals surface area (Å²) in [4.78, 5) is 0. The zero-order valence-corrected chi connectivity index (χ0v) is 6.50. The fraction of sp³-hybridized carbons (Fsp3) is 0.714. The normalized spacial score (nSPS) is 20.1. The Balaban J connectivity index is 2.15. The van der Waals surface area contributed by atoms with Crippen molar-refractivity contribution in [3.8, 4) is 0 Å². The van der Waals surface area contributed by atoms with Crippen molar-refractivity contribution in [3.63, 3.8) is 0 Å². The number of aromatic amines is 1. The van der Waals surface area contributed by atoms with Gasteiger partial charge in [0.05, 0.1) is 18.5 Å². The lowest BCUT2D eigenvalue weighted by molar-refractivity contribution is 0.170. The maximum atomic E-state index is 5.11. The largest absolute Gasteiger partial charge is 0.384 e. The molecule has 11 heavy (non-hydrogen) atoms. The van der Waals surface area contributed by atoms with Gasteiger partial charge in [0.1, 0.15) is 0 Å². The van der Waals surface area contributed by atoms with Gasteiger partial charge >= 0.3 is 0 Å². The average molecular weight is 153 g/mol. The molecule has 1 fully saturated rings. The zero-order chi connectivity index (χ0) is 7.73. The predicted octanol–water partition coefficient (Wildman–Crippen LogP) is 0.483. The fourth-order valence-electron chi connectivity index (χ4n) is 1.36. The Labute approximate surface area is 64.9 Å². The second kappa shape index (κ2) is 2.30. The number of hydrogen-bond acceptors (Lipinski definition) is 3. The Morgan fingerprint density at radius 3 is 3.00 bits per heavy atom. The van der Waals surface area contributed by atoms with Crippen molar-refractivity contribution in [1.29, 1.82) is 0 Å². The third kappa shape index (κ3) is 1.03. The molecule has 4 nitrogen and oxygen atoms in total. The smallest absolute Gasteiger partial charge is 0.0909 e. The number of ether oxygens (including phenoxy) is 1. The molecule has 0 radical (unpaired) electrons. The second-order valence-corrected chi connectivity index (χ2v) is 3.07. The first kappa shape index (κ1) is 6.79. The van der Waals surface area contributed by atoms with Gasteiger partial charge in [-0.05, 0) is 12.8 Å². The van der Waals surface area contributed by atoms with Gasteiger partial charge in [-0.3, -0.25) is 0 Å². The number of nitrogens with zero attached hydrogens (tertiary/aromatic N) is 2. The molecule has 1 saturated carbocycles. The van der Waals surface area contributed by atoms with Crippen LogP contribution in [0, 0.1) is 0 Å². The van der Waals surface area contributed by atoms with Crippen LogP contribution in [0.15, 0.2) is 6.20 Å². The molecule has 0 unspecified atom stereocenters. The van der Waals surface area contributed by atoms with Crippen LogP contribution in [-0.4, -0.2) is 29.1 Å². The average Bonchev–Trinajstić information content (AvgIpc) is 2.63. The molecule has 4 heteroatoms. The Morgan fingerprint density at radius 2 is 2.55 bits per heavy atom. The molecule has 0 aliphatic heterocycles. The van der Waals surface area contributed by atoms with Gasteiger partial charge in [0, 0.05) is 12.5 Å². The number of H-pyrrole nitrogens is 1. The summed E-state index contributed by atoms with van der Waals surface area (Å²) in [6, 6.07) is 0. The molecule has 0 aromatic carbocycles. The Morgan fingerprint density at radius 1 is 1.73 bits per heavy atom. The van der Waals surface area contributed by atoms with E-state index in [0.29, 0.717) is 0 Å². The van der Waals surface area contributed by atoms with Crippen molar-refractivity contribution in [3.05, 3.63) is 11.9 Å². The van der Waals surface area contributed by atoms with Crippen molar-refractivity contribution >= 4 is 0 Å². The van der Waals surface area contributed by atoms with Gasteiger partial charge in [-0.2, -0.15) is 15.4 Å². The summed E-state index contributed by atoms with van der Waals surface area (Å²) in [7, 11) is 1.72. The van der Waals surface area contributed by atoms with Crippen LogP contribution in [0.1, 0.15) is 18.5 Å². The lowest BCUT2D eigenvalue weighted by atomic mass is 10.1. The first-order valence-electron chi connectivity index (χ1n) is 3.73. The maximum Gasteiger partial charge on any atom is 0.0909 e. The highest BCUT2D eigenvalue weighted by atomic mass is 16.5. The van der Waals surface area contributed by atoms with Gasteiger partial charge in [0.15, 0.2) is 0 Å². The van der Waals surface area contributed by atoms with E-state index in [1.165, 1.54) is 12.8 Å². The van der Waals surface area contributed by atoms with E-state index in [2.05, 4.69) is 15.4 Å². The second-order valence-electron chi connectivity index (χ2n) is 3.07. The summed E-state index contributed by atoms with van der Waals surface area (Å²) < 4.78 is 5.11. The molecule has 2 rings (SSSR count). The number of hydrogen-bond donors (Lipinski definition) is 1. The van der Waals surface area contributed by atoms with Crippen molar-refractivity contribution in [1.82, 2.24) is 15.4 Å². The van der Waals surface area contributed by atoms with Crippen molar-refractivity contribution < 1.29 is 4.74 Å². The number of nitrogens with one attached hydrogen (secondary N) is 1. The van der Waals surface area contributed by atoms with Gasteiger partial charge in [-0.15, -0.1) is 0 Å². The third-order valence-electron chi connectivity index (χ3n) is 2.23. The highest BCUT2D eigenvalue weighted by molar-refractivity contribution is 5.20. The third-order valence-corrected chi connectivity index (χ3v) is 2.23. The molecule has 1 heterocycles. The topological polar surface area (TPSA) is 50.8 Å². The summed E-state index contributed by atoms with van der Waals surface area (Å²) in [5.74, 6) is 0. The van der Waals surface area contributed by atoms with E-state index < -0.39 is 0 Å². The maximum absolute atomic E-state index is 5.11. The van der Waals surface area contributed by atoms with Crippen LogP contribution in [0.5, 0.6) is 0 Å². The molecular formula is C7H11N3O. The standard InChI is InChI=1S/C7H11N3O/c1-11-5-7(2-3-7)6-4-8-10-9-6/h4H,2-3,5H2,1H3,(H,8,9,10). The van der Waals surface area contributed by atoms with Crippen LogP contribution in [0.4, 0.5) is 0 Å². The van der Waals surface area contributed by atoms with Gasteiger partial charge in [-0.1, -0.05) is 0 Å². The highest BCUT2D eigenvalue weighted by Crippen LogP contribution is 2.46. The SMILES string of the molecule is COCC1(c2cn[nH]n2)CC1. The fourth-order valence-corrected chi connectivity index (χ4v) is 1.36. The molecule has 0 atom stereocenters. The Kier molecular flexibility index (Phi) is 1.42. The molecule has 1 aromatic rings. The van der Waals surface area contributed by atoms with Gasteiger partial charge < -0.3 is 4.74 Å².